The van der Waals surface area contributed by atoms with Gasteiger partial charge in [0.25, 0.3) is 5.91 Å². The van der Waals surface area contributed by atoms with E-state index in [4.69, 9.17) is 0 Å². The molecule has 0 aromatic heterocycles. The van der Waals surface area contributed by atoms with Crippen LogP contribution in [0.4, 0.5) is 11.4 Å². The summed E-state index contributed by atoms with van der Waals surface area (Å²) in [4.78, 5) is 24.9. The number of carbonyl (C=O) groups excluding carboxylic acids is 2. The molecular formula is C22H25N3O2. The predicted molar refractivity (Wildman–Crippen MR) is 109 cm³/mol. The second kappa shape index (κ2) is 8.62. The number of hydrazone groups is 1. The topological polar surface area (TPSA) is 61.8 Å². The molecule has 2 amide bonds. The molecular weight excluding hydrogens is 338 g/mol. The van der Waals surface area contributed by atoms with Crippen LogP contribution in [0.25, 0.3) is 0 Å². The summed E-state index contributed by atoms with van der Waals surface area (Å²) in [5.74, 6) is -0.358. The van der Waals surface area contributed by atoms with Gasteiger partial charge in [-0.25, -0.2) is 5.01 Å². The second-order valence-corrected chi connectivity index (χ2v) is 6.79. The molecule has 0 bridgehead atoms. The molecule has 5 heteroatoms. The number of rotatable bonds is 6. The molecule has 2 aromatic rings. The molecule has 1 aliphatic heterocycles. The quantitative estimate of drug-likeness (QED) is 0.824. The number of benzene rings is 2. The average molecular weight is 363 g/mol. The number of nitrogens with one attached hydrogen (secondary N) is 1. The molecule has 1 N–H and O–H groups in total. The van der Waals surface area contributed by atoms with Gasteiger partial charge in [-0.15, -0.1) is 0 Å². The summed E-state index contributed by atoms with van der Waals surface area (Å²) < 4.78 is 0. The first-order valence-corrected chi connectivity index (χ1v) is 9.45. The van der Waals surface area contributed by atoms with Gasteiger partial charge in [0.05, 0.1) is 5.69 Å². The van der Waals surface area contributed by atoms with Crippen molar-refractivity contribution < 1.29 is 9.59 Å². The van der Waals surface area contributed by atoms with Crippen molar-refractivity contribution in [2.45, 2.75) is 46.0 Å². The van der Waals surface area contributed by atoms with E-state index >= 15 is 0 Å². The van der Waals surface area contributed by atoms with Crippen molar-refractivity contribution in [3.8, 4) is 0 Å². The van der Waals surface area contributed by atoms with E-state index in [0.717, 1.165) is 30.5 Å². The maximum atomic E-state index is 12.6. The van der Waals surface area contributed by atoms with Crippen molar-refractivity contribution in [3.63, 3.8) is 0 Å². The third-order valence-electron chi connectivity index (χ3n) is 4.67. The summed E-state index contributed by atoms with van der Waals surface area (Å²) in [6, 6.07) is 15.4. The highest BCUT2D eigenvalue weighted by molar-refractivity contribution is 6.44. The summed E-state index contributed by atoms with van der Waals surface area (Å²) in [7, 11) is 0. The fourth-order valence-corrected chi connectivity index (χ4v) is 3.04. The van der Waals surface area contributed by atoms with E-state index in [0.29, 0.717) is 17.8 Å². The highest BCUT2D eigenvalue weighted by Gasteiger charge is 2.26. The Morgan fingerprint density at radius 2 is 1.85 bits per heavy atom. The van der Waals surface area contributed by atoms with Crippen LogP contribution >= 0.6 is 0 Å². The average Bonchev–Trinajstić information content (AvgIpc) is 2.68. The van der Waals surface area contributed by atoms with Gasteiger partial charge >= 0.3 is 0 Å². The summed E-state index contributed by atoms with van der Waals surface area (Å²) in [6.45, 7) is 4.09. The van der Waals surface area contributed by atoms with E-state index in [1.54, 1.807) is 0 Å². The Bertz CT molecular complexity index is 856. The van der Waals surface area contributed by atoms with Crippen molar-refractivity contribution in [3.05, 3.63) is 59.7 Å². The van der Waals surface area contributed by atoms with E-state index in [1.807, 2.05) is 55.5 Å². The van der Waals surface area contributed by atoms with Gasteiger partial charge in [0.1, 0.15) is 5.71 Å². The summed E-state index contributed by atoms with van der Waals surface area (Å²) in [5, 5.41) is 8.57. The Kier molecular flexibility index (Phi) is 6.01. The number of nitrogens with zero attached hydrogens (tertiary/aromatic N) is 2. The highest BCUT2D eigenvalue weighted by atomic mass is 16.2. The molecule has 0 aliphatic carbocycles. The predicted octanol–water partition coefficient (Wildman–Crippen LogP) is 4.46. The van der Waals surface area contributed by atoms with Crippen LogP contribution in [-0.4, -0.2) is 17.5 Å². The van der Waals surface area contributed by atoms with Gasteiger partial charge in [-0.1, -0.05) is 43.7 Å². The zero-order valence-corrected chi connectivity index (χ0v) is 15.9. The number of carbonyl (C=O) groups is 2. The van der Waals surface area contributed by atoms with E-state index in [-0.39, 0.29) is 18.2 Å². The standard InChI is InChI=1S/C22H25N3O2/c1-3-4-8-17-10-12-18(13-11-17)23-22(27)19-14-15-21(26)25(24-19)20-9-6-5-7-16(20)2/h5-7,9-13H,3-4,8,14-15H2,1-2H3,(H,23,27). The van der Waals surface area contributed by atoms with Crippen LogP contribution in [-0.2, 0) is 16.0 Å². The van der Waals surface area contributed by atoms with E-state index < -0.39 is 0 Å². The number of amides is 2. The molecule has 0 radical (unpaired) electrons. The number of aryl methyl sites for hydroxylation is 2. The summed E-state index contributed by atoms with van der Waals surface area (Å²) >= 11 is 0. The highest BCUT2D eigenvalue weighted by Crippen LogP contribution is 2.24. The molecule has 3 rings (SSSR count). The fraction of sp³-hybridized carbons (Fsp3) is 0.318. The Labute approximate surface area is 160 Å². The van der Waals surface area contributed by atoms with Gasteiger partial charge < -0.3 is 5.32 Å². The summed E-state index contributed by atoms with van der Waals surface area (Å²) in [5.41, 5.74) is 4.03. The third-order valence-corrected chi connectivity index (χ3v) is 4.67. The van der Waals surface area contributed by atoms with Crippen molar-refractivity contribution in [2.24, 2.45) is 5.10 Å². The number of hydrogen-bond donors (Lipinski definition) is 1. The Morgan fingerprint density at radius 3 is 2.56 bits per heavy atom. The van der Waals surface area contributed by atoms with Gasteiger partial charge in [-0.3, -0.25) is 9.59 Å². The largest absolute Gasteiger partial charge is 0.321 e. The van der Waals surface area contributed by atoms with Gasteiger partial charge in [0.15, 0.2) is 0 Å². The number of para-hydroxylation sites is 1. The Hall–Kier alpha value is -2.95. The van der Waals surface area contributed by atoms with Crippen LogP contribution in [0.2, 0.25) is 0 Å². The lowest BCUT2D eigenvalue weighted by atomic mass is 10.1. The first-order valence-electron chi connectivity index (χ1n) is 9.45. The fourth-order valence-electron chi connectivity index (χ4n) is 3.04. The van der Waals surface area contributed by atoms with E-state index in [2.05, 4.69) is 17.3 Å². The molecule has 140 valence electrons. The molecule has 0 fully saturated rings. The maximum absolute atomic E-state index is 12.6. The van der Waals surface area contributed by atoms with Gasteiger partial charge in [-0.2, -0.15) is 5.10 Å². The Morgan fingerprint density at radius 1 is 1.11 bits per heavy atom. The molecule has 1 heterocycles. The van der Waals surface area contributed by atoms with Crippen molar-refractivity contribution in [2.75, 3.05) is 10.3 Å². The van der Waals surface area contributed by atoms with Crippen LogP contribution in [0.15, 0.2) is 53.6 Å². The monoisotopic (exact) mass is 363 g/mol. The minimum Gasteiger partial charge on any atom is -0.321 e. The van der Waals surface area contributed by atoms with E-state index in [1.165, 1.54) is 10.6 Å². The SMILES string of the molecule is CCCCc1ccc(NC(=O)C2=NN(c3ccccc3C)C(=O)CC2)cc1. The van der Waals surface area contributed by atoms with Crippen molar-refractivity contribution in [1.29, 1.82) is 0 Å². The molecule has 2 aromatic carbocycles. The smallest absolute Gasteiger partial charge is 0.271 e. The molecule has 0 unspecified atom stereocenters. The number of unbranched alkanes of at least 4 members (excludes halogenated alkanes) is 1. The van der Waals surface area contributed by atoms with Crippen molar-refractivity contribution >= 4 is 28.9 Å². The minimum absolute atomic E-state index is 0.0962. The minimum atomic E-state index is -0.262. The zero-order valence-electron chi connectivity index (χ0n) is 15.9. The van der Waals surface area contributed by atoms with Gasteiger partial charge in [-0.05, 0) is 49.1 Å². The zero-order chi connectivity index (χ0) is 19.2. The molecule has 1 aliphatic rings. The molecule has 0 saturated carbocycles. The molecule has 5 nitrogen and oxygen atoms in total. The second-order valence-electron chi connectivity index (χ2n) is 6.79. The van der Waals surface area contributed by atoms with Gasteiger partial charge in [0.2, 0.25) is 5.91 Å². The van der Waals surface area contributed by atoms with E-state index in [9.17, 15) is 9.59 Å². The first kappa shape index (κ1) is 18.8. The first-order chi connectivity index (χ1) is 13.1. The van der Waals surface area contributed by atoms with Gasteiger partial charge in [0, 0.05) is 18.5 Å². The molecule has 27 heavy (non-hydrogen) atoms. The van der Waals surface area contributed by atoms with Crippen LogP contribution in [0.1, 0.15) is 43.7 Å². The maximum Gasteiger partial charge on any atom is 0.271 e. The van der Waals surface area contributed by atoms with Crippen LogP contribution in [0.3, 0.4) is 0 Å². The van der Waals surface area contributed by atoms with Crippen molar-refractivity contribution in [1.82, 2.24) is 0 Å². The molecule has 0 atom stereocenters. The summed E-state index contributed by atoms with van der Waals surface area (Å²) in [6.07, 6.45) is 3.99. The lowest BCUT2D eigenvalue weighted by Crippen LogP contribution is -2.36. The van der Waals surface area contributed by atoms with Crippen LogP contribution in [0, 0.1) is 6.92 Å². The van der Waals surface area contributed by atoms with Crippen LogP contribution < -0.4 is 10.3 Å². The number of anilines is 2. The lowest BCUT2D eigenvalue weighted by Gasteiger charge is -2.24. The normalized spacial score (nSPS) is 14.1. The lowest BCUT2D eigenvalue weighted by molar-refractivity contribution is -0.118. The number of hydrogen-bond acceptors (Lipinski definition) is 3. The molecule has 0 spiro atoms. The third kappa shape index (κ3) is 4.61. The molecule has 0 saturated heterocycles. The Balaban J connectivity index is 1.73. The van der Waals surface area contributed by atoms with Crippen LogP contribution in [0.5, 0.6) is 0 Å².